The van der Waals surface area contributed by atoms with Crippen LogP contribution in [0.1, 0.15) is 16.2 Å². The molecule has 1 N–H and O–H groups in total. The van der Waals surface area contributed by atoms with E-state index in [4.69, 9.17) is 14.0 Å². The first kappa shape index (κ1) is 16.9. The van der Waals surface area contributed by atoms with E-state index in [1.54, 1.807) is 6.92 Å². The molecule has 1 amide bonds. The van der Waals surface area contributed by atoms with E-state index >= 15 is 0 Å². The smallest absolute Gasteiger partial charge is 0.377 e. The third-order valence-electron chi connectivity index (χ3n) is 2.84. The van der Waals surface area contributed by atoms with Gasteiger partial charge in [0.15, 0.2) is 6.61 Å². The predicted octanol–water partition coefficient (Wildman–Crippen LogP) is 1.70. The summed E-state index contributed by atoms with van der Waals surface area (Å²) in [4.78, 5) is 33.8. The normalized spacial score (nSPS) is 10.1. The van der Waals surface area contributed by atoms with E-state index in [1.807, 2.05) is 0 Å². The van der Waals surface area contributed by atoms with Crippen LogP contribution in [0.4, 0.5) is 11.4 Å². The Kier molecular flexibility index (Phi) is 5.09. The molecule has 0 fully saturated rings. The number of ether oxygens (including phenoxy) is 2. The second kappa shape index (κ2) is 7.22. The van der Waals surface area contributed by atoms with E-state index in [9.17, 15) is 19.7 Å². The molecular formula is C14H13N3O7. The van der Waals surface area contributed by atoms with Crippen LogP contribution in [0.15, 0.2) is 28.8 Å². The van der Waals surface area contributed by atoms with Crippen LogP contribution < -0.4 is 10.1 Å². The number of carbonyl (C=O) groups excluding carboxylic acids is 2. The number of amides is 1. The number of nitro groups is 1. The maximum atomic E-state index is 11.8. The standard InChI is InChI=1S/C14H13N3O7/c1-8-5-12(24-16-8)14(19)23-7-13(18)15-10-4-3-9(22-2)6-11(10)17(20)21/h3-6H,7H2,1-2H3,(H,15,18). The zero-order valence-electron chi connectivity index (χ0n) is 12.8. The molecule has 0 bridgehead atoms. The van der Waals surface area contributed by atoms with Gasteiger partial charge >= 0.3 is 5.97 Å². The van der Waals surface area contributed by atoms with E-state index < -0.39 is 23.4 Å². The summed E-state index contributed by atoms with van der Waals surface area (Å²) in [6.07, 6.45) is 0. The SMILES string of the molecule is COc1ccc(NC(=O)COC(=O)c2cc(C)no2)c([N+](=O)[O-])c1. The fourth-order valence-corrected chi connectivity index (χ4v) is 1.74. The maximum absolute atomic E-state index is 11.8. The van der Waals surface area contributed by atoms with Crippen LogP contribution in [-0.4, -0.2) is 35.7 Å². The average Bonchev–Trinajstić information content (AvgIpc) is 2.99. The molecule has 0 saturated heterocycles. The van der Waals surface area contributed by atoms with Crippen molar-refractivity contribution < 1.29 is 28.5 Å². The van der Waals surface area contributed by atoms with Crippen molar-refractivity contribution in [2.75, 3.05) is 19.0 Å². The average molecular weight is 335 g/mol. The minimum absolute atomic E-state index is 0.0441. The number of rotatable bonds is 6. The molecule has 10 nitrogen and oxygen atoms in total. The monoisotopic (exact) mass is 335 g/mol. The van der Waals surface area contributed by atoms with Gasteiger partial charge in [0.1, 0.15) is 11.4 Å². The van der Waals surface area contributed by atoms with Gasteiger partial charge in [0, 0.05) is 6.07 Å². The number of nitrogens with zero attached hydrogens (tertiary/aromatic N) is 2. The second-order valence-electron chi connectivity index (χ2n) is 4.60. The number of aryl methyl sites for hydroxylation is 1. The highest BCUT2D eigenvalue weighted by atomic mass is 16.6. The van der Waals surface area contributed by atoms with Crippen LogP contribution in [0.2, 0.25) is 0 Å². The lowest BCUT2D eigenvalue weighted by Gasteiger charge is -2.07. The van der Waals surface area contributed by atoms with Gasteiger partial charge in [-0.3, -0.25) is 14.9 Å². The van der Waals surface area contributed by atoms with Gasteiger partial charge in [0.2, 0.25) is 5.76 Å². The van der Waals surface area contributed by atoms with Gasteiger partial charge in [-0.05, 0) is 19.1 Å². The van der Waals surface area contributed by atoms with Crippen LogP contribution in [0.5, 0.6) is 5.75 Å². The molecular weight excluding hydrogens is 322 g/mol. The summed E-state index contributed by atoms with van der Waals surface area (Å²) in [6.45, 7) is 0.984. The second-order valence-corrected chi connectivity index (χ2v) is 4.60. The number of carbonyl (C=O) groups is 2. The fraction of sp³-hybridized carbons (Fsp3) is 0.214. The minimum atomic E-state index is -0.866. The number of anilines is 1. The maximum Gasteiger partial charge on any atom is 0.377 e. The zero-order chi connectivity index (χ0) is 17.7. The van der Waals surface area contributed by atoms with Gasteiger partial charge in [-0.25, -0.2) is 4.79 Å². The molecule has 126 valence electrons. The molecule has 0 spiro atoms. The predicted molar refractivity (Wildman–Crippen MR) is 79.8 cm³/mol. The number of benzene rings is 1. The highest BCUT2D eigenvalue weighted by Gasteiger charge is 2.19. The Bertz CT molecular complexity index is 784. The number of hydrogen-bond donors (Lipinski definition) is 1. The first-order valence-corrected chi connectivity index (χ1v) is 6.63. The lowest BCUT2D eigenvalue weighted by Crippen LogP contribution is -2.21. The van der Waals surface area contributed by atoms with Crippen molar-refractivity contribution in [3.63, 3.8) is 0 Å². The number of nitro benzene ring substituents is 1. The summed E-state index contributed by atoms with van der Waals surface area (Å²) >= 11 is 0. The van der Waals surface area contributed by atoms with Crippen LogP contribution in [0.3, 0.4) is 0 Å². The Balaban J connectivity index is 1.99. The number of aromatic nitrogens is 1. The van der Waals surface area contributed by atoms with Crippen molar-refractivity contribution >= 4 is 23.3 Å². The Morgan fingerprint density at radius 2 is 2.12 bits per heavy atom. The van der Waals surface area contributed by atoms with Gasteiger partial charge in [-0.15, -0.1) is 0 Å². The number of hydrogen-bond acceptors (Lipinski definition) is 8. The summed E-state index contributed by atoms with van der Waals surface area (Å²) in [5, 5.41) is 16.8. The number of esters is 1. The highest BCUT2D eigenvalue weighted by molar-refractivity contribution is 5.96. The molecule has 0 aliphatic carbocycles. The van der Waals surface area contributed by atoms with Crippen LogP contribution >= 0.6 is 0 Å². The lowest BCUT2D eigenvalue weighted by molar-refractivity contribution is -0.384. The summed E-state index contributed by atoms with van der Waals surface area (Å²) in [6, 6.07) is 5.29. The van der Waals surface area contributed by atoms with Gasteiger partial charge in [0.05, 0.1) is 23.8 Å². The van der Waals surface area contributed by atoms with E-state index in [0.717, 1.165) is 0 Å². The molecule has 0 radical (unpaired) electrons. The van der Waals surface area contributed by atoms with Crippen molar-refractivity contribution in [2.24, 2.45) is 0 Å². The van der Waals surface area contributed by atoms with Gasteiger partial charge in [0.25, 0.3) is 11.6 Å². The first-order chi connectivity index (χ1) is 11.4. The van der Waals surface area contributed by atoms with Crippen LogP contribution in [-0.2, 0) is 9.53 Å². The van der Waals surface area contributed by atoms with Crippen molar-refractivity contribution in [2.45, 2.75) is 6.92 Å². The molecule has 0 aliphatic rings. The van der Waals surface area contributed by atoms with E-state index in [-0.39, 0.29) is 22.9 Å². The number of nitrogens with one attached hydrogen (secondary N) is 1. The van der Waals surface area contributed by atoms with Gasteiger partial charge in [-0.2, -0.15) is 0 Å². The van der Waals surface area contributed by atoms with Crippen molar-refractivity contribution in [1.82, 2.24) is 5.16 Å². The zero-order valence-corrected chi connectivity index (χ0v) is 12.8. The quantitative estimate of drug-likeness (QED) is 0.479. The van der Waals surface area contributed by atoms with E-state index in [2.05, 4.69) is 10.5 Å². The minimum Gasteiger partial charge on any atom is -0.496 e. The van der Waals surface area contributed by atoms with Crippen molar-refractivity contribution in [3.05, 3.63) is 45.8 Å². The first-order valence-electron chi connectivity index (χ1n) is 6.63. The Labute approximate surface area is 135 Å². The molecule has 2 aromatic rings. The topological polar surface area (TPSA) is 134 Å². The Morgan fingerprint density at radius 1 is 1.38 bits per heavy atom. The van der Waals surface area contributed by atoms with Crippen LogP contribution in [0.25, 0.3) is 0 Å². The Morgan fingerprint density at radius 3 is 2.71 bits per heavy atom. The van der Waals surface area contributed by atoms with Crippen LogP contribution in [0, 0.1) is 17.0 Å². The van der Waals surface area contributed by atoms with E-state index in [1.165, 1.54) is 31.4 Å². The molecule has 2 rings (SSSR count). The summed E-state index contributed by atoms with van der Waals surface area (Å²) in [5.74, 6) is -1.48. The molecule has 1 heterocycles. The molecule has 0 atom stereocenters. The third kappa shape index (κ3) is 4.06. The van der Waals surface area contributed by atoms with E-state index in [0.29, 0.717) is 5.69 Å². The third-order valence-corrected chi connectivity index (χ3v) is 2.84. The molecule has 1 aromatic heterocycles. The summed E-state index contributed by atoms with van der Waals surface area (Å²) in [5.41, 5.74) is 0.0949. The number of methoxy groups -OCH3 is 1. The van der Waals surface area contributed by atoms with Gasteiger partial charge < -0.3 is 19.3 Å². The molecule has 0 unspecified atom stereocenters. The summed E-state index contributed by atoms with van der Waals surface area (Å²) in [7, 11) is 1.36. The van der Waals surface area contributed by atoms with Gasteiger partial charge in [-0.1, -0.05) is 5.16 Å². The molecule has 1 aromatic carbocycles. The Hall–Kier alpha value is -3.43. The molecule has 24 heavy (non-hydrogen) atoms. The molecule has 10 heteroatoms. The van der Waals surface area contributed by atoms with Crippen molar-refractivity contribution in [1.29, 1.82) is 0 Å². The lowest BCUT2D eigenvalue weighted by atomic mass is 10.2. The molecule has 0 aliphatic heterocycles. The molecule has 0 saturated carbocycles. The fourth-order valence-electron chi connectivity index (χ4n) is 1.74. The van der Waals surface area contributed by atoms with Crippen molar-refractivity contribution in [3.8, 4) is 5.75 Å². The summed E-state index contributed by atoms with van der Waals surface area (Å²) < 4.78 is 14.3. The largest absolute Gasteiger partial charge is 0.496 e. The highest BCUT2D eigenvalue weighted by Crippen LogP contribution is 2.28.